The van der Waals surface area contributed by atoms with Crippen LogP contribution in [-0.4, -0.2) is 32.5 Å². The molecule has 1 amide bonds. The van der Waals surface area contributed by atoms with Crippen LogP contribution in [0.25, 0.3) is 22.0 Å². The summed E-state index contributed by atoms with van der Waals surface area (Å²) in [6.45, 7) is 0. The van der Waals surface area contributed by atoms with E-state index in [1.165, 1.54) is 6.20 Å². The third-order valence-corrected chi connectivity index (χ3v) is 7.39. The lowest BCUT2D eigenvalue weighted by atomic mass is 9.91. The van der Waals surface area contributed by atoms with Gasteiger partial charge in [-0.3, -0.25) is 9.59 Å². The fraction of sp³-hybridized carbons (Fsp3) is 0.133. The molecule has 0 unspecified atom stereocenters. The standard InChI is InChI=1S/C30H20Cl2F2N4O3/c31-19-9-5-17(6-10-19)24-15-23(37-38(24)29(40)30(33,34)16-25-35-13-14-41-25)27-26(18-7-11-20(32)12-8-18)21-3-1-2-4-22(21)36-28(27)39/h1-14,24H,15-16H2,(H,36,39)/t24-/m0/s1. The summed E-state index contributed by atoms with van der Waals surface area (Å²) in [5.74, 6) is -5.72. The molecule has 0 bridgehead atoms. The zero-order chi connectivity index (χ0) is 28.7. The van der Waals surface area contributed by atoms with E-state index < -0.39 is 29.9 Å². The summed E-state index contributed by atoms with van der Waals surface area (Å²) >= 11 is 12.2. The van der Waals surface area contributed by atoms with Crippen LogP contribution in [0.4, 0.5) is 8.78 Å². The molecule has 2 aromatic heterocycles. The Bertz CT molecular complexity index is 1840. The number of para-hydroxylation sites is 1. The molecule has 3 aromatic carbocycles. The highest BCUT2D eigenvalue weighted by atomic mass is 35.5. The summed E-state index contributed by atoms with van der Waals surface area (Å²) in [4.78, 5) is 33.6. The van der Waals surface area contributed by atoms with Crippen molar-refractivity contribution in [3.63, 3.8) is 0 Å². The number of benzene rings is 3. The van der Waals surface area contributed by atoms with Crippen LogP contribution in [0.1, 0.15) is 29.5 Å². The predicted molar refractivity (Wildman–Crippen MR) is 152 cm³/mol. The number of rotatable bonds is 6. The number of oxazole rings is 1. The first-order chi connectivity index (χ1) is 19.7. The van der Waals surface area contributed by atoms with E-state index in [9.17, 15) is 9.59 Å². The van der Waals surface area contributed by atoms with Crippen LogP contribution in [0.2, 0.25) is 10.0 Å². The van der Waals surface area contributed by atoms with Crippen molar-refractivity contribution < 1.29 is 18.0 Å². The molecule has 1 aliphatic heterocycles. The predicted octanol–water partition coefficient (Wildman–Crippen LogP) is 7.05. The first-order valence-corrected chi connectivity index (χ1v) is 13.3. The lowest BCUT2D eigenvalue weighted by Crippen LogP contribution is -2.42. The van der Waals surface area contributed by atoms with Gasteiger partial charge in [0.25, 0.3) is 5.56 Å². The molecule has 7 nitrogen and oxygen atoms in total. The fourth-order valence-corrected chi connectivity index (χ4v) is 5.25. The molecule has 206 valence electrons. The number of fused-ring (bicyclic) bond motifs is 1. The highest BCUT2D eigenvalue weighted by molar-refractivity contribution is 6.31. The molecule has 41 heavy (non-hydrogen) atoms. The number of carbonyl (C=O) groups is 1. The van der Waals surface area contributed by atoms with Crippen LogP contribution in [0, 0.1) is 0 Å². The second kappa shape index (κ2) is 10.6. The number of aromatic amines is 1. The maximum absolute atomic E-state index is 15.3. The summed E-state index contributed by atoms with van der Waals surface area (Å²) in [6.07, 6.45) is 1.34. The molecule has 0 saturated heterocycles. The average molecular weight is 593 g/mol. The maximum Gasteiger partial charge on any atom is 0.335 e. The van der Waals surface area contributed by atoms with Crippen molar-refractivity contribution in [1.82, 2.24) is 15.0 Å². The minimum atomic E-state index is -3.89. The lowest BCUT2D eigenvalue weighted by molar-refractivity contribution is -0.159. The number of halogens is 4. The van der Waals surface area contributed by atoms with Gasteiger partial charge in [-0.1, -0.05) is 65.7 Å². The van der Waals surface area contributed by atoms with Gasteiger partial charge in [-0.25, -0.2) is 9.99 Å². The molecule has 3 heterocycles. The Kier molecular flexibility index (Phi) is 6.93. The Morgan fingerprint density at radius 2 is 1.68 bits per heavy atom. The van der Waals surface area contributed by atoms with E-state index in [0.717, 1.165) is 11.3 Å². The molecule has 0 aliphatic carbocycles. The number of alkyl halides is 2. The normalized spacial score (nSPS) is 15.4. The quantitative estimate of drug-likeness (QED) is 0.229. The summed E-state index contributed by atoms with van der Waals surface area (Å²) in [5, 5.41) is 6.81. The van der Waals surface area contributed by atoms with Crippen molar-refractivity contribution in [2.45, 2.75) is 24.8 Å². The van der Waals surface area contributed by atoms with E-state index in [2.05, 4.69) is 15.1 Å². The smallest absolute Gasteiger partial charge is 0.335 e. The lowest BCUT2D eigenvalue weighted by Gasteiger charge is -2.25. The van der Waals surface area contributed by atoms with E-state index >= 15 is 8.78 Å². The molecule has 0 radical (unpaired) electrons. The zero-order valence-electron chi connectivity index (χ0n) is 21.2. The number of aromatic nitrogens is 2. The summed E-state index contributed by atoms with van der Waals surface area (Å²) in [6, 6.07) is 19.7. The number of nitrogens with one attached hydrogen (secondary N) is 1. The van der Waals surface area contributed by atoms with E-state index in [-0.39, 0.29) is 23.6 Å². The van der Waals surface area contributed by atoms with Gasteiger partial charge in [0.2, 0.25) is 5.89 Å². The summed E-state index contributed by atoms with van der Waals surface area (Å²) in [7, 11) is 0. The Labute approximate surface area is 242 Å². The van der Waals surface area contributed by atoms with E-state index in [1.54, 1.807) is 60.7 Å². The van der Waals surface area contributed by atoms with E-state index in [4.69, 9.17) is 27.6 Å². The van der Waals surface area contributed by atoms with Crippen molar-refractivity contribution in [2.75, 3.05) is 0 Å². The van der Waals surface area contributed by atoms with Crippen LogP contribution in [-0.2, 0) is 11.2 Å². The van der Waals surface area contributed by atoms with Crippen molar-refractivity contribution >= 4 is 45.7 Å². The van der Waals surface area contributed by atoms with Crippen molar-refractivity contribution in [3.05, 3.63) is 123 Å². The number of pyridine rings is 1. The van der Waals surface area contributed by atoms with Gasteiger partial charge in [-0.15, -0.1) is 0 Å². The number of hydrazone groups is 1. The Hall–Kier alpha value is -4.34. The minimum Gasteiger partial charge on any atom is -0.449 e. The van der Waals surface area contributed by atoms with Gasteiger partial charge in [0, 0.05) is 32.9 Å². The minimum absolute atomic E-state index is 0.00443. The molecule has 1 N–H and O–H groups in total. The monoisotopic (exact) mass is 592 g/mol. The number of carbonyl (C=O) groups excluding carboxylic acids is 1. The van der Waals surface area contributed by atoms with Crippen LogP contribution < -0.4 is 5.56 Å². The highest BCUT2D eigenvalue weighted by Crippen LogP contribution is 2.39. The summed E-state index contributed by atoms with van der Waals surface area (Å²) < 4.78 is 35.6. The number of nitrogens with zero attached hydrogens (tertiary/aromatic N) is 3. The Morgan fingerprint density at radius 1 is 1.00 bits per heavy atom. The van der Waals surface area contributed by atoms with Gasteiger partial charge in [-0.2, -0.15) is 13.9 Å². The van der Waals surface area contributed by atoms with Gasteiger partial charge >= 0.3 is 11.8 Å². The van der Waals surface area contributed by atoms with Crippen LogP contribution in [0.5, 0.6) is 0 Å². The Balaban J connectivity index is 1.52. The SMILES string of the molecule is O=C(N1N=C(c2c(-c3ccc(Cl)cc3)c3ccccc3[nH]c2=O)C[C@H]1c1ccc(Cl)cc1)C(F)(F)Cc1ncco1. The topological polar surface area (TPSA) is 91.6 Å². The molecule has 5 aromatic rings. The van der Waals surface area contributed by atoms with E-state index in [1.807, 2.05) is 12.1 Å². The number of amides is 1. The first-order valence-electron chi connectivity index (χ1n) is 12.6. The average Bonchev–Trinajstić information content (AvgIpc) is 3.63. The number of hydrogen-bond acceptors (Lipinski definition) is 5. The highest BCUT2D eigenvalue weighted by Gasteiger charge is 2.48. The van der Waals surface area contributed by atoms with Crippen molar-refractivity contribution in [3.8, 4) is 11.1 Å². The molecule has 0 spiro atoms. The second-order valence-corrected chi connectivity index (χ2v) is 10.4. The van der Waals surface area contributed by atoms with Crippen molar-refractivity contribution in [2.24, 2.45) is 5.10 Å². The number of H-pyrrole nitrogens is 1. The largest absolute Gasteiger partial charge is 0.449 e. The molecule has 1 atom stereocenters. The van der Waals surface area contributed by atoms with Gasteiger partial charge in [-0.05, 0) is 41.5 Å². The van der Waals surface area contributed by atoms with Crippen LogP contribution >= 0.6 is 23.2 Å². The first kappa shape index (κ1) is 26.9. The van der Waals surface area contributed by atoms with Gasteiger partial charge in [0.05, 0.1) is 29.9 Å². The van der Waals surface area contributed by atoms with Crippen LogP contribution in [0.15, 0.2) is 99.6 Å². The van der Waals surface area contributed by atoms with Crippen molar-refractivity contribution in [1.29, 1.82) is 0 Å². The molecule has 0 saturated carbocycles. The third-order valence-electron chi connectivity index (χ3n) is 6.89. The van der Waals surface area contributed by atoms with Gasteiger partial charge < -0.3 is 9.40 Å². The molecule has 1 aliphatic rings. The number of hydrogen-bond donors (Lipinski definition) is 1. The van der Waals surface area contributed by atoms with Gasteiger partial charge in [0.15, 0.2) is 0 Å². The molecule has 6 rings (SSSR count). The molecular weight excluding hydrogens is 573 g/mol. The van der Waals surface area contributed by atoms with Crippen LogP contribution in [0.3, 0.4) is 0 Å². The zero-order valence-corrected chi connectivity index (χ0v) is 22.7. The molecule has 0 fully saturated rings. The second-order valence-electron chi connectivity index (χ2n) is 9.53. The maximum atomic E-state index is 15.3. The third kappa shape index (κ3) is 5.14. The molecule has 11 heteroatoms. The Morgan fingerprint density at radius 3 is 2.37 bits per heavy atom. The summed E-state index contributed by atoms with van der Waals surface area (Å²) in [5.41, 5.74) is 2.23. The van der Waals surface area contributed by atoms with E-state index in [0.29, 0.717) is 37.6 Å². The molecular formula is C30H20Cl2F2N4O3. The van der Waals surface area contributed by atoms with Gasteiger partial charge in [0.1, 0.15) is 6.26 Å². The fourth-order valence-electron chi connectivity index (χ4n) is 5.00.